The van der Waals surface area contributed by atoms with Gasteiger partial charge in [0.15, 0.2) is 11.6 Å². The Morgan fingerprint density at radius 1 is 1.09 bits per heavy atom. The average molecular weight is 494 g/mol. The number of aromatic nitrogens is 3. The van der Waals surface area contributed by atoms with Crippen LogP contribution in [0, 0.1) is 0 Å². The van der Waals surface area contributed by atoms with Gasteiger partial charge in [-0.25, -0.2) is 4.98 Å². The second kappa shape index (κ2) is 9.09. The number of fused-ring (bicyclic) bond motifs is 1. The van der Waals surface area contributed by atoms with Gasteiger partial charge < -0.3 is 29.2 Å². The van der Waals surface area contributed by atoms with Crippen molar-refractivity contribution in [2.24, 2.45) is 14.1 Å². The maximum atomic E-state index is 13.0. The number of nitrogens with one attached hydrogen (secondary N) is 1. The number of benzene rings is 2. The molecule has 1 fully saturated rings. The van der Waals surface area contributed by atoms with Gasteiger partial charge in [0.05, 0.1) is 40.4 Å². The van der Waals surface area contributed by atoms with Crippen LogP contribution in [0.5, 0.6) is 5.75 Å². The first-order valence-corrected chi connectivity index (χ1v) is 11.5. The Kier molecular flexibility index (Phi) is 5.96. The lowest BCUT2D eigenvalue weighted by Gasteiger charge is -2.26. The predicted octanol–water partition coefficient (Wildman–Crippen LogP) is 3.66. The van der Waals surface area contributed by atoms with Crippen LogP contribution in [0.3, 0.4) is 0 Å². The number of halogens is 1. The molecule has 1 aliphatic rings. The molecule has 1 saturated heterocycles. The number of hydrogen-bond donors (Lipinski definition) is 2. The van der Waals surface area contributed by atoms with Crippen LogP contribution in [-0.4, -0.2) is 62.2 Å². The lowest BCUT2D eigenvalue weighted by molar-refractivity contribution is 0.0301. The van der Waals surface area contributed by atoms with Gasteiger partial charge in [-0.05, 0) is 30.3 Å². The van der Waals surface area contributed by atoms with Crippen LogP contribution in [0.25, 0.3) is 22.6 Å². The number of aromatic hydroxyl groups is 1. The van der Waals surface area contributed by atoms with E-state index in [1.807, 2.05) is 17.7 Å². The fraction of sp³-hybridized carbons (Fsp3) is 0.240. The molecule has 9 nitrogen and oxygen atoms in total. The molecule has 2 amide bonds. The lowest BCUT2D eigenvalue weighted by Crippen LogP contribution is -2.40. The minimum Gasteiger partial charge on any atom is -0.505 e. The van der Waals surface area contributed by atoms with E-state index in [9.17, 15) is 14.7 Å². The Morgan fingerprint density at radius 3 is 2.57 bits per heavy atom. The van der Waals surface area contributed by atoms with E-state index in [1.54, 1.807) is 59.1 Å². The number of carbonyl (C=O) groups is 2. The van der Waals surface area contributed by atoms with E-state index in [-0.39, 0.29) is 23.1 Å². The molecule has 0 aliphatic carbocycles. The van der Waals surface area contributed by atoms with Crippen molar-refractivity contribution < 1.29 is 19.4 Å². The first-order chi connectivity index (χ1) is 16.8. The second-order valence-electron chi connectivity index (χ2n) is 8.39. The maximum absolute atomic E-state index is 13.0. The zero-order valence-corrected chi connectivity index (χ0v) is 20.0. The smallest absolute Gasteiger partial charge is 0.259 e. The molecule has 1 aliphatic heterocycles. The molecule has 0 unspecified atom stereocenters. The van der Waals surface area contributed by atoms with Crippen molar-refractivity contribution in [1.82, 2.24) is 19.0 Å². The molecule has 2 aromatic heterocycles. The van der Waals surface area contributed by atoms with E-state index in [0.717, 1.165) is 5.52 Å². The average Bonchev–Trinajstić information content (AvgIpc) is 3.33. The summed E-state index contributed by atoms with van der Waals surface area (Å²) in [5.74, 6) is -0.182. The van der Waals surface area contributed by atoms with Gasteiger partial charge in [0.25, 0.3) is 11.8 Å². The quantitative estimate of drug-likeness (QED) is 0.452. The summed E-state index contributed by atoms with van der Waals surface area (Å²) in [6, 6.07) is 12.2. The van der Waals surface area contributed by atoms with Crippen molar-refractivity contribution in [1.29, 1.82) is 0 Å². The van der Waals surface area contributed by atoms with Crippen LogP contribution in [0.4, 0.5) is 5.69 Å². The highest BCUT2D eigenvalue weighted by atomic mass is 35.5. The number of anilines is 1. The molecule has 2 N–H and O–H groups in total. The largest absolute Gasteiger partial charge is 0.505 e. The minimum atomic E-state index is -0.322. The van der Waals surface area contributed by atoms with Gasteiger partial charge in [0.1, 0.15) is 5.69 Å². The maximum Gasteiger partial charge on any atom is 0.259 e. The van der Waals surface area contributed by atoms with E-state index in [0.29, 0.717) is 59.6 Å². The highest BCUT2D eigenvalue weighted by Crippen LogP contribution is 2.35. The van der Waals surface area contributed by atoms with Crippen LogP contribution in [0.2, 0.25) is 5.02 Å². The molecule has 3 heterocycles. The van der Waals surface area contributed by atoms with Crippen molar-refractivity contribution in [2.45, 2.75) is 0 Å². The zero-order chi connectivity index (χ0) is 24.7. The molecule has 180 valence electrons. The molecule has 0 bridgehead atoms. The number of carbonyl (C=O) groups excluding carboxylic acids is 2. The molecule has 0 saturated carbocycles. The Balaban J connectivity index is 1.47. The number of ether oxygens (including phenoxy) is 1. The number of aryl methyl sites for hydroxylation is 2. The molecule has 35 heavy (non-hydrogen) atoms. The van der Waals surface area contributed by atoms with Gasteiger partial charge in [0.2, 0.25) is 0 Å². The number of amides is 2. The summed E-state index contributed by atoms with van der Waals surface area (Å²) >= 11 is 6.14. The zero-order valence-electron chi connectivity index (χ0n) is 19.3. The summed E-state index contributed by atoms with van der Waals surface area (Å²) < 4.78 is 8.86. The predicted molar refractivity (Wildman–Crippen MR) is 133 cm³/mol. The van der Waals surface area contributed by atoms with Gasteiger partial charge >= 0.3 is 0 Å². The Morgan fingerprint density at radius 2 is 1.83 bits per heavy atom. The molecular formula is C25H24ClN5O4. The number of hydrogen-bond acceptors (Lipinski definition) is 5. The van der Waals surface area contributed by atoms with Gasteiger partial charge in [0, 0.05) is 39.1 Å². The van der Waals surface area contributed by atoms with Gasteiger partial charge in [-0.2, -0.15) is 0 Å². The van der Waals surface area contributed by atoms with Crippen molar-refractivity contribution in [3.8, 4) is 17.3 Å². The van der Waals surface area contributed by atoms with Crippen LogP contribution in [0.1, 0.15) is 20.7 Å². The van der Waals surface area contributed by atoms with E-state index in [2.05, 4.69) is 5.32 Å². The van der Waals surface area contributed by atoms with Gasteiger partial charge in [-0.1, -0.05) is 23.7 Å². The number of imidazole rings is 1. The third-order valence-corrected chi connectivity index (χ3v) is 6.48. The van der Waals surface area contributed by atoms with Crippen molar-refractivity contribution >= 4 is 40.1 Å². The molecule has 0 radical (unpaired) electrons. The van der Waals surface area contributed by atoms with E-state index in [4.69, 9.17) is 21.3 Å². The Hall–Kier alpha value is -3.82. The number of rotatable bonds is 4. The summed E-state index contributed by atoms with van der Waals surface area (Å²) in [5, 5.41) is 14.2. The van der Waals surface area contributed by atoms with E-state index < -0.39 is 0 Å². The third kappa shape index (κ3) is 4.13. The fourth-order valence-electron chi connectivity index (χ4n) is 4.30. The van der Waals surface area contributed by atoms with Crippen molar-refractivity contribution in [3.05, 3.63) is 64.8 Å². The first-order valence-electron chi connectivity index (χ1n) is 11.1. The minimum absolute atomic E-state index is 0.116. The Bertz CT molecular complexity index is 1450. The number of nitrogens with zero attached hydrogens (tertiary/aromatic N) is 4. The monoisotopic (exact) mass is 493 g/mol. The second-order valence-corrected chi connectivity index (χ2v) is 8.79. The molecule has 4 aromatic rings. The van der Waals surface area contributed by atoms with E-state index >= 15 is 0 Å². The lowest BCUT2D eigenvalue weighted by atomic mass is 10.2. The van der Waals surface area contributed by atoms with Crippen molar-refractivity contribution in [2.75, 3.05) is 31.6 Å². The Labute approximate surface area is 206 Å². The topological polar surface area (TPSA) is 102 Å². The summed E-state index contributed by atoms with van der Waals surface area (Å²) in [7, 11) is 3.60. The summed E-state index contributed by atoms with van der Waals surface area (Å²) in [5.41, 5.74) is 3.03. The van der Waals surface area contributed by atoms with Crippen LogP contribution in [0.15, 0.2) is 48.7 Å². The number of morpholine rings is 1. The standard InChI is InChI=1S/C25H24ClN5O4/c1-29-14-17(25(34)31-9-11-35-12-10-31)22(32)21(29)23-28-19-13-15(7-8-20(19)30(23)2)27-24(33)16-5-3-4-6-18(16)26/h3-8,13-14,32H,9-12H2,1-2H3,(H,27,33). The SMILES string of the molecule is Cn1cc(C(=O)N2CCOCC2)c(O)c1-c1nc2cc(NC(=O)c3ccccc3Cl)ccc2n1C. The highest BCUT2D eigenvalue weighted by Gasteiger charge is 2.27. The summed E-state index contributed by atoms with van der Waals surface area (Å²) in [6.07, 6.45) is 1.62. The van der Waals surface area contributed by atoms with Crippen LogP contribution in [-0.2, 0) is 18.8 Å². The van der Waals surface area contributed by atoms with E-state index in [1.165, 1.54) is 0 Å². The van der Waals surface area contributed by atoms with Gasteiger partial charge in [-0.3, -0.25) is 9.59 Å². The van der Waals surface area contributed by atoms with Crippen LogP contribution >= 0.6 is 11.6 Å². The summed E-state index contributed by atoms with van der Waals surface area (Å²) in [6.45, 7) is 1.92. The molecule has 2 aromatic carbocycles. The molecular weight excluding hydrogens is 470 g/mol. The van der Waals surface area contributed by atoms with Crippen molar-refractivity contribution in [3.63, 3.8) is 0 Å². The molecule has 0 spiro atoms. The highest BCUT2D eigenvalue weighted by molar-refractivity contribution is 6.34. The van der Waals surface area contributed by atoms with Gasteiger partial charge in [-0.15, -0.1) is 0 Å². The molecule has 10 heteroatoms. The molecule has 5 rings (SSSR count). The first kappa shape index (κ1) is 22.9. The fourth-order valence-corrected chi connectivity index (χ4v) is 4.53. The molecule has 0 atom stereocenters. The van der Waals surface area contributed by atoms with Crippen LogP contribution < -0.4 is 5.32 Å². The third-order valence-electron chi connectivity index (χ3n) is 6.15. The normalized spacial score (nSPS) is 13.9. The summed E-state index contributed by atoms with van der Waals surface area (Å²) in [4.78, 5) is 32.0.